The number of ether oxygens (including phenoxy) is 1. The molecule has 0 atom stereocenters. The van der Waals surface area contributed by atoms with Crippen LogP contribution in [0.3, 0.4) is 0 Å². The molecule has 1 aliphatic heterocycles. The highest BCUT2D eigenvalue weighted by molar-refractivity contribution is 7.14. The van der Waals surface area contributed by atoms with Gasteiger partial charge in [-0.25, -0.2) is 9.97 Å². The van der Waals surface area contributed by atoms with Gasteiger partial charge in [0.2, 0.25) is 5.95 Å². The van der Waals surface area contributed by atoms with Crippen LogP contribution in [0.2, 0.25) is 0 Å². The van der Waals surface area contributed by atoms with Crippen LogP contribution in [0.1, 0.15) is 68.7 Å². The van der Waals surface area contributed by atoms with Gasteiger partial charge in [-0.2, -0.15) is 0 Å². The number of benzene rings is 1. The molecule has 0 spiro atoms. The van der Waals surface area contributed by atoms with E-state index in [-0.39, 0.29) is 5.92 Å². The summed E-state index contributed by atoms with van der Waals surface area (Å²) in [7, 11) is 0. The predicted octanol–water partition coefficient (Wildman–Crippen LogP) is 5.92. The Hall–Kier alpha value is -2.71. The molecule has 194 valence electrons. The molecule has 3 aliphatic rings. The maximum Gasteiger partial charge on any atom is 0.225 e. The summed E-state index contributed by atoms with van der Waals surface area (Å²) in [5, 5.41) is 11.0. The number of rotatable bonds is 8. The van der Waals surface area contributed by atoms with Crippen molar-refractivity contribution in [2.24, 2.45) is 11.8 Å². The van der Waals surface area contributed by atoms with E-state index in [0.717, 1.165) is 103 Å². The SMILES string of the molecule is O=CC1CCC(c2nnc(-c3ccc(-c4cnc(N5CCC(OCC6CCC6)CC5)nc4)cc3)s2)CC1. The van der Waals surface area contributed by atoms with Crippen molar-refractivity contribution in [1.82, 2.24) is 20.2 Å². The van der Waals surface area contributed by atoms with E-state index in [2.05, 4.69) is 49.3 Å². The van der Waals surface area contributed by atoms with Crippen molar-refractivity contribution in [3.05, 3.63) is 41.7 Å². The fourth-order valence-corrected chi connectivity index (χ4v) is 6.63. The van der Waals surface area contributed by atoms with Crippen LogP contribution in [0.5, 0.6) is 0 Å². The molecule has 1 saturated heterocycles. The summed E-state index contributed by atoms with van der Waals surface area (Å²) >= 11 is 1.68. The average molecular weight is 518 g/mol. The number of aldehydes is 1. The van der Waals surface area contributed by atoms with Gasteiger partial charge in [0.25, 0.3) is 0 Å². The molecular weight excluding hydrogens is 482 g/mol. The van der Waals surface area contributed by atoms with Crippen molar-refractivity contribution < 1.29 is 9.53 Å². The first-order valence-corrected chi connectivity index (χ1v) is 14.6. The summed E-state index contributed by atoms with van der Waals surface area (Å²) in [6, 6.07) is 8.42. The highest BCUT2D eigenvalue weighted by atomic mass is 32.1. The monoisotopic (exact) mass is 517 g/mol. The maximum absolute atomic E-state index is 11.0. The molecule has 2 aromatic heterocycles. The fraction of sp³-hybridized carbons (Fsp3) is 0.552. The first-order valence-electron chi connectivity index (χ1n) is 13.8. The Bertz CT molecular complexity index is 1160. The lowest BCUT2D eigenvalue weighted by Gasteiger charge is -2.34. The van der Waals surface area contributed by atoms with Gasteiger partial charge in [0, 0.05) is 55.1 Å². The molecule has 0 N–H and O–H groups in total. The van der Waals surface area contributed by atoms with Crippen molar-refractivity contribution in [2.75, 3.05) is 24.6 Å². The van der Waals surface area contributed by atoms with Crippen LogP contribution in [0.4, 0.5) is 5.95 Å². The van der Waals surface area contributed by atoms with E-state index >= 15 is 0 Å². The smallest absolute Gasteiger partial charge is 0.225 e. The van der Waals surface area contributed by atoms with Crippen molar-refractivity contribution in [2.45, 2.75) is 69.8 Å². The lowest BCUT2D eigenvalue weighted by Crippen LogP contribution is -2.38. The summed E-state index contributed by atoms with van der Waals surface area (Å²) in [6.07, 6.45) is 15.5. The second-order valence-corrected chi connectivity index (χ2v) is 11.9. The Balaban J connectivity index is 1.03. The molecule has 1 aromatic carbocycles. The molecule has 3 fully saturated rings. The molecule has 2 aliphatic carbocycles. The zero-order chi connectivity index (χ0) is 25.0. The third-order valence-corrected chi connectivity index (χ3v) is 9.51. The minimum absolute atomic E-state index is 0.224. The molecule has 37 heavy (non-hydrogen) atoms. The van der Waals surface area contributed by atoms with E-state index in [0.29, 0.717) is 12.0 Å². The van der Waals surface area contributed by atoms with Gasteiger partial charge in [-0.05, 0) is 62.8 Å². The second kappa shape index (κ2) is 11.4. The van der Waals surface area contributed by atoms with Crippen molar-refractivity contribution >= 4 is 23.6 Å². The van der Waals surface area contributed by atoms with Gasteiger partial charge in [0.05, 0.1) is 6.10 Å². The van der Waals surface area contributed by atoms with E-state index in [1.54, 1.807) is 11.3 Å². The van der Waals surface area contributed by atoms with Crippen LogP contribution in [-0.4, -0.2) is 52.3 Å². The van der Waals surface area contributed by atoms with Crippen LogP contribution in [-0.2, 0) is 9.53 Å². The van der Waals surface area contributed by atoms with E-state index in [4.69, 9.17) is 4.74 Å². The maximum atomic E-state index is 11.0. The molecule has 0 amide bonds. The molecule has 3 heterocycles. The summed E-state index contributed by atoms with van der Waals surface area (Å²) in [5.74, 6) is 2.27. The molecule has 2 saturated carbocycles. The van der Waals surface area contributed by atoms with Crippen LogP contribution >= 0.6 is 11.3 Å². The largest absolute Gasteiger partial charge is 0.378 e. The number of carbonyl (C=O) groups excluding carboxylic acids is 1. The second-order valence-electron chi connectivity index (χ2n) is 10.9. The molecule has 0 bridgehead atoms. The normalized spacial score (nSPS) is 23.1. The van der Waals surface area contributed by atoms with Gasteiger partial charge in [0.1, 0.15) is 16.3 Å². The quantitative estimate of drug-likeness (QED) is 0.343. The zero-order valence-corrected chi connectivity index (χ0v) is 22.1. The number of anilines is 1. The van der Waals surface area contributed by atoms with E-state index in [1.807, 2.05) is 12.4 Å². The third-order valence-electron chi connectivity index (χ3n) is 8.37. The lowest BCUT2D eigenvalue weighted by molar-refractivity contribution is -0.111. The van der Waals surface area contributed by atoms with Gasteiger partial charge in [-0.3, -0.25) is 0 Å². The van der Waals surface area contributed by atoms with Crippen molar-refractivity contribution in [3.8, 4) is 21.7 Å². The summed E-state index contributed by atoms with van der Waals surface area (Å²) < 4.78 is 6.14. The van der Waals surface area contributed by atoms with E-state index in [9.17, 15) is 4.79 Å². The van der Waals surface area contributed by atoms with Gasteiger partial charge >= 0.3 is 0 Å². The first-order chi connectivity index (χ1) is 18.2. The standard InChI is InChI=1S/C29H35N5O2S/c35-18-20-4-6-23(7-5-20)27-32-33-28(37-27)24-10-8-22(9-11-24)25-16-30-29(31-17-25)34-14-12-26(13-15-34)36-19-21-2-1-3-21/h8-11,16-18,20-21,23,26H,1-7,12-15,19H2. The first kappa shape index (κ1) is 24.6. The molecule has 3 aromatic rings. The van der Waals surface area contributed by atoms with Gasteiger partial charge in [-0.15, -0.1) is 10.2 Å². The Morgan fingerprint density at radius 2 is 1.57 bits per heavy atom. The number of aromatic nitrogens is 4. The van der Waals surface area contributed by atoms with E-state index < -0.39 is 0 Å². The Morgan fingerprint density at radius 3 is 2.22 bits per heavy atom. The van der Waals surface area contributed by atoms with E-state index in [1.165, 1.54) is 19.3 Å². The summed E-state index contributed by atoms with van der Waals surface area (Å²) in [6.45, 7) is 2.84. The van der Waals surface area contributed by atoms with Crippen molar-refractivity contribution in [1.29, 1.82) is 0 Å². The average Bonchev–Trinajstić information content (AvgIpc) is 3.43. The number of hydrogen-bond donors (Lipinski definition) is 0. The lowest BCUT2D eigenvalue weighted by atomic mass is 9.83. The highest BCUT2D eigenvalue weighted by Crippen LogP contribution is 2.38. The fourth-order valence-electron chi connectivity index (χ4n) is 5.61. The number of piperidine rings is 1. The Labute approximate surface area is 222 Å². The molecule has 7 nitrogen and oxygen atoms in total. The highest BCUT2D eigenvalue weighted by Gasteiger charge is 2.26. The van der Waals surface area contributed by atoms with Crippen LogP contribution in [0.25, 0.3) is 21.7 Å². The van der Waals surface area contributed by atoms with Gasteiger partial charge in [-0.1, -0.05) is 42.0 Å². The van der Waals surface area contributed by atoms with Crippen LogP contribution in [0, 0.1) is 11.8 Å². The minimum Gasteiger partial charge on any atom is -0.378 e. The molecular formula is C29H35N5O2S. The van der Waals surface area contributed by atoms with Gasteiger partial charge < -0.3 is 14.4 Å². The van der Waals surface area contributed by atoms with Gasteiger partial charge in [0.15, 0.2) is 0 Å². The minimum atomic E-state index is 0.224. The third kappa shape index (κ3) is 5.75. The van der Waals surface area contributed by atoms with Crippen LogP contribution < -0.4 is 4.90 Å². The zero-order valence-electron chi connectivity index (χ0n) is 21.3. The Morgan fingerprint density at radius 1 is 0.865 bits per heavy atom. The molecule has 6 rings (SSSR count). The predicted molar refractivity (Wildman–Crippen MR) is 146 cm³/mol. The summed E-state index contributed by atoms with van der Waals surface area (Å²) in [5.41, 5.74) is 3.18. The van der Waals surface area contributed by atoms with Crippen LogP contribution in [0.15, 0.2) is 36.7 Å². The summed E-state index contributed by atoms with van der Waals surface area (Å²) in [4.78, 5) is 22.7. The molecule has 8 heteroatoms. The Kier molecular flexibility index (Phi) is 7.55. The number of nitrogens with zero attached hydrogens (tertiary/aromatic N) is 5. The topological polar surface area (TPSA) is 81.1 Å². The number of hydrogen-bond acceptors (Lipinski definition) is 8. The molecule has 0 radical (unpaired) electrons. The number of carbonyl (C=O) groups is 1. The van der Waals surface area contributed by atoms with Crippen molar-refractivity contribution in [3.63, 3.8) is 0 Å². The molecule has 0 unspecified atom stereocenters.